The highest BCUT2D eigenvalue weighted by atomic mass is 16.6. The molecule has 0 spiro atoms. The number of hydrogen-bond donors (Lipinski definition) is 1. The average Bonchev–Trinajstić information content (AvgIpc) is 2.74. The lowest BCUT2D eigenvalue weighted by atomic mass is 10.2. The van der Waals surface area contributed by atoms with Crippen LogP contribution >= 0.6 is 0 Å². The Balaban J connectivity index is 1.63. The van der Waals surface area contributed by atoms with E-state index in [2.05, 4.69) is 5.32 Å². The molecule has 6 nitrogen and oxygen atoms in total. The molecule has 0 saturated heterocycles. The van der Waals surface area contributed by atoms with Gasteiger partial charge in [-0.25, -0.2) is 4.79 Å². The van der Waals surface area contributed by atoms with Gasteiger partial charge in [0.15, 0.2) is 6.10 Å². The van der Waals surface area contributed by atoms with Gasteiger partial charge in [-0.15, -0.1) is 0 Å². The van der Waals surface area contributed by atoms with Gasteiger partial charge in [0, 0.05) is 11.3 Å². The maximum Gasteiger partial charge on any atom is 0.352 e. The molecule has 0 bridgehead atoms. The number of hydrogen-bond acceptors (Lipinski definition) is 5. The Hall–Kier alpha value is -4.11. The molecule has 0 radical (unpaired) electrons. The second-order valence-electron chi connectivity index (χ2n) is 6.17. The molecular weight excluding hydrogens is 368 g/mol. The maximum atomic E-state index is 12.4. The Morgan fingerprint density at radius 3 is 2.41 bits per heavy atom. The lowest BCUT2D eigenvalue weighted by Crippen LogP contribution is -2.28. The highest BCUT2D eigenvalue weighted by Gasteiger charge is 2.18. The molecule has 0 fully saturated rings. The van der Waals surface area contributed by atoms with Crippen molar-refractivity contribution >= 4 is 17.6 Å². The van der Waals surface area contributed by atoms with Crippen molar-refractivity contribution in [1.82, 2.24) is 0 Å². The van der Waals surface area contributed by atoms with Gasteiger partial charge in [-0.05, 0) is 55.5 Å². The molecule has 1 unspecified atom stereocenters. The molecule has 0 aliphatic carbocycles. The van der Waals surface area contributed by atoms with E-state index in [1.807, 2.05) is 24.3 Å². The molecule has 29 heavy (non-hydrogen) atoms. The number of esters is 1. The number of carbonyl (C=O) groups is 2. The van der Waals surface area contributed by atoms with Crippen LogP contribution in [-0.4, -0.2) is 18.0 Å². The van der Waals surface area contributed by atoms with Crippen LogP contribution in [0.5, 0.6) is 11.5 Å². The number of rotatable bonds is 6. The molecule has 0 aromatic heterocycles. The number of nitrogens with one attached hydrogen (secondary N) is 1. The summed E-state index contributed by atoms with van der Waals surface area (Å²) >= 11 is 0. The zero-order chi connectivity index (χ0) is 20.6. The summed E-state index contributed by atoms with van der Waals surface area (Å²) in [5.41, 5.74) is 1.45. The van der Waals surface area contributed by atoms with Crippen LogP contribution in [0.2, 0.25) is 0 Å². The van der Waals surface area contributed by atoms with E-state index in [1.165, 1.54) is 6.07 Å². The molecule has 1 atom stereocenters. The van der Waals surface area contributed by atoms with Gasteiger partial charge in [0.2, 0.25) is 0 Å². The summed E-state index contributed by atoms with van der Waals surface area (Å²) in [6.45, 7) is 1.55. The Labute approximate surface area is 168 Å². The second-order valence-corrected chi connectivity index (χ2v) is 6.17. The van der Waals surface area contributed by atoms with Gasteiger partial charge < -0.3 is 14.8 Å². The van der Waals surface area contributed by atoms with E-state index >= 15 is 0 Å². The summed E-state index contributed by atoms with van der Waals surface area (Å²) in [6, 6.07) is 23.9. The van der Waals surface area contributed by atoms with Crippen LogP contribution in [0.1, 0.15) is 22.8 Å². The number of nitriles is 1. The lowest BCUT2D eigenvalue weighted by Gasteiger charge is -2.14. The highest BCUT2D eigenvalue weighted by molar-refractivity contribution is 6.04. The average molecular weight is 386 g/mol. The van der Waals surface area contributed by atoms with Gasteiger partial charge in [0.05, 0.1) is 11.6 Å². The lowest BCUT2D eigenvalue weighted by molar-refractivity contribution is -0.141. The van der Waals surface area contributed by atoms with Crippen molar-refractivity contribution in [3.8, 4) is 17.6 Å². The molecule has 3 rings (SSSR count). The van der Waals surface area contributed by atoms with E-state index in [0.717, 1.165) is 0 Å². The van der Waals surface area contributed by atoms with Crippen LogP contribution in [0.4, 0.5) is 5.69 Å². The number of benzene rings is 3. The SMILES string of the molecule is CC(Oc1cccc(C#N)c1)C(=O)Oc1cccc(C(=O)Nc2ccccc2)c1. The summed E-state index contributed by atoms with van der Waals surface area (Å²) < 4.78 is 10.9. The predicted octanol–water partition coefficient (Wildman–Crippen LogP) is 4.18. The van der Waals surface area contributed by atoms with Gasteiger partial charge in [-0.3, -0.25) is 4.79 Å². The third kappa shape index (κ3) is 5.44. The predicted molar refractivity (Wildman–Crippen MR) is 108 cm³/mol. The van der Waals surface area contributed by atoms with E-state index in [1.54, 1.807) is 61.5 Å². The minimum atomic E-state index is -0.897. The molecule has 144 valence electrons. The van der Waals surface area contributed by atoms with Gasteiger partial charge in [0.1, 0.15) is 11.5 Å². The first-order valence-corrected chi connectivity index (χ1v) is 8.90. The van der Waals surface area contributed by atoms with Crippen molar-refractivity contribution in [2.24, 2.45) is 0 Å². The molecule has 0 saturated carbocycles. The topological polar surface area (TPSA) is 88.4 Å². The Morgan fingerprint density at radius 2 is 1.66 bits per heavy atom. The second kappa shape index (κ2) is 9.20. The first kappa shape index (κ1) is 19.6. The minimum absolute atomic E-state index is 0.233. The zero-order valence-corrected chi connectivity index (χ0v) is 15.7. The quantitative estimate of drug-likeness (QED) is 0.507. The van der Waals surface area contributed by atoms with Crippen LogP contribution in [0.3, 0.4) is 0 Å². The third-order valence-corrected chi connectivity index (χ3v) is 3.95. The molecule has 0 aliphatic heterocycles. The number of ether oxygens (including phenoxy) is 2. The number of nitrogens with zero attached hydrogens (tertiary/aromatic N) is 1. The highest BCUT2D eigenvalue weighted by Crippen LogP contribution is 2.18. The van der Waals surface area contributed by atoms with Crippen LogP contribution in [0.15, 0.2) is 78.9 Å². The molecule has 0 aliphatic rings. The number of para-hydroxylation sites is 1. The van der Waals surface area contributed by atoms with E-state index in [9.17, 15) is 9.59 Å². The Kier molecular flexibility index (Phi) is 6.23. The largest absolute Gasteiger partial charge is 0.479 e. The van der Waals surface area contributed by atoms with Crippen molar-refractivity contribution in [1.29, 1.82) is 5.26 Å². The first-order valence-electron chi connectivity index (χ1n) is 8.90. The van der Waals surface area contributed by atoms with E-state index in [0.29, 0.717) is 22.6 Å². The summed E-state index contributed by atoms with van der Waals surface area (Å²) in [6.07, 6.45) is -0.897. The fourth-order valence-electron chi connectivity index (χ4n) is 2.52. The normalized spacial score (nSPS) is 11.0. The summed E-state index contributed by atoms with van der Waals surface area (Å²) in [4.78, 5) is 24.7. The van der Waals surface area contributed by atoms with Crippen molar-refractivity contribution in [3.63, 3.8) is 0 Å². The Morgan fingerprint density at radius 1 is 0.931 bits per heavy atom. The molecule has 3 aromatic rings. The number of carbonyl (C=O) groups excluding carboxylic acids is 2. The Bertz CT molecular complexity index is 1060. The van der Waals surface area contributed by atoms with Gasteiger partial charge >= 0.3 is 5.97 Å². The number of amides is 1. The molecule has 6 heteroatoms. The van der Waals surface area contributed by atoms with Crippen LogP contribution in [0, 0.1) is 11.3 Å². The summed E-state index contributed by atoms with van der Waals surface area (Å²) in [5, 5.41) is 11.7. The molecule has 1 amide bonds. The van der Waals surface area contributed by atoms with E-state index in [-0.39, 0.29) is 11.7 Å². The molecule has 1 N–H and O–H groups in total. The van der Waals surface area contributed by atoms with Crippen molar-refractivity contribution in [3.05, 3.63) is 90.0 Å². The van der Waals surface area contributed by atoms with Crippen LogP contribution in [-0.2, 0) is 4.79 Å². The van der Waals surface area contributed by atoms with Gasteiger partial charge in [-0.2, -0.15) is 5.26 Å². The summed E-state index contributed by atoms with van der Waals surface area (Å²) in [5.74, 6) is -0.305. The van der Waals surface area contributed by atoms with Gasteiger partial charge in [0.25, 0.3) is 5.91 Å². The maximum absolute atomic E-state index is 12.4. The van der Waals surface area contributed by atoms with Crippen molar-refractivity contribution in [2.45, 2.75) is 13.0 Å². The van der Waals surface area contributed by atoms with Crippen LogP contribution < -0.4 is 14.8 Å². The monoisotopic (exact) mass is 386 g/mol. The minimum Gasteiger partial charge on any atom is -0.479 e. The number of anilines is 1. The summed E-state index contributed by atoms with van der Waals surface area (Å²) in [7, 11) is 0. The molecular formula is C23H18N2O4. The standard InChI is InChI=1S/C23H18N2O4/c1-16(28-20-11-5-7-17(13-20)15-24)23(27)29-21-12-6-8-18(14-21)22(26)25-19-9-3-2-4-10-19/h2-14,16H,1H3,(H,25,26). The fraction of sp³-hybridized carbons (Fsp3) is 0.0870. The van der Waals surface area contributed by atoms with E-state index < -0.39 is 12.1 Å². The molecule has 3 aromatic carbocycles. The van der Waals surface area contributed by atoms with Crippen molar-refractivity contribution in [2.75, 3.05) is 5.32 Å². The smallest absolute Gasteiger partial charge is 0.352 e. The van der Waals surface area contributed by atoms with E-state index in [4.69, 9.17) is 14.7 Å². The first-order chi connectivity index (χ1) is 14.0. The third-order valence-electron chi connectivity index (χ3n) is 3.95. The van der Waals surface area contributed by atoms with Gasteiger partial charge in [-0.1, -0.05) is 30.3 Å². The van der Waals surface area contributed by atoms with Crippen LogP contribution in [0.25, 0.3) is 0 Å². The van der Waals surface area contributed by atoms with Crippen molar-refractivity contribution < 1.29 is 19.1 Å². The zero-order valence-electron chi connectivity index (χ0n) is 15.7. The molecule has 0 heterocycles. The fourth-order valence-corrected chi connectivity index (χ4v) is 2.52.